The molecule has 0 fully saturated rings. The summed E-state index contributed by atoms with van der Waals surface area (Å²) in [5, 5.41) is 9.09. The minimum absolute atomic E-state index is 0.261. The van der Waals surface area contributed by atoms with E-state index in [-0.39, 0.29) is 6.61 Å². The first-order valence-corrected chi connectivity index (χ1v) is 5.26. The molecule has 2 heterocycles. The lowest BCUT2D eigenvalue weighted by molar-refractivity contribution is -0.143. The highest BCUT2D eigenvalue weighted by molar-refractivity contribution is 5.81. The molecule has 1 atom stereocenters. The highest BCUT2D eigenvalue weighted by atomic mass is 16.5. The molecule has 0 saturated heterocycles. The highest BCUT2D eigenvalue weighted by Crippen LogP contribution is 2.18. The van der Waals surface area contributed by atoms with E-state index in [4.69, 9.17) is 10.00 Å². The first kappa shape index (κ1) is 11.1. The first-order valence-electron chi connectivity index (χ1n) is 5.26. The van der Waals surface area contributed by atoms with Crippen molar-refractivity contribution < 1.29 is 9.53 Å². The van der Waals surface area contributed by atoms with Crippen molar-refractivity contribution >= 4 is 11.6 Å². The van der Waals surface area contributed by atoms with Crippen molar-refractivity contribution in [3.8, 4) is 6.07 Å². The molecule has 0 radical (unpaired) electrons. The van der Waals surface area contributed by atoms with Crippen LogP contribution in [0, 0.1) is 11.3 Å². The van der Waals surface area contributed by atoms with Crippen LogP contribution in [0.1, 0.15) is 18.5 Å². The summed E-state index contributed by atoms with van der Waals surface area (Å²) in [6.45, 7) is 1.97. The van der Waals surface area contributed by atoms with Gasteiger partial charge in [-0.15, -0.1) is 0 Å². The molecule has 0 aliphatic heterocycles. The molecule has 0 amide bonds. The molecule has 1 unspecified atom stereocenters. The first-order chi connectivity index (χ1) is 8.27. The molecule has 0 N–H and O–H groups in total. The predicted octanol–water partition coefficient (Wildman–Crippen LogP) is 1.50. The SMILES string of the molecule is CCOC(=O)C(C#N)c1cccc2nccn12. The van der Waals surface area contributed by atoms with Gasteiger partial charge >= 0.3 is 5.97 Å². The van der Waals surface area contributed by atoms with E-state index >= 15 is 0 Å². The van der Waals surface area contributed by atoms with Crippen LogP contribution in [-0.4, -0.2) is 22.0 Å². The van der Waals surface area contributed by atoms with E-state index in [1.807, 2.05) is 12.1 Å². The monoisotopic (exact) mass is 229 g/mol. The number of imidazole rings is 1. The molecular weight excluding hydrogens is 218 g/mol. The summed E-state index contributed by atoms with van der Waals surface area (Å²) < 4.78 is 6.59. The van der Waals surface area contributed by atoms with Crippen molar-refractivity contribution in [1.29, 1.82) is 5.26 Å². The molecule has 0 bridgehead atoms. The van der Waals surface area contributed by atoms with Gasteiger partial charge < -0.3 is 9.14 Å². The fourth-order valence-corrected chi connectivity index (χ4v) is 1.67. The Morgan fingerprint density at radius 3 is 3.18 bits per heavy atom. The summed E-state index contributed by atoms with van der Waals surface area (Å²) in [6, 6.07) is 7.26. The van der Waals surface area contributed by atoms with Gasteiger partial charge in [0.2, 0.25) is 0 Å². The largest absolute Gasteiger partial charge is 0.465 e. The van der Waals surface area contributed by atoms with Crippen molar-refractivity contribution in [2.24, 2.45) is 0 Å². The van der Waals surface area contributed by atoms with Crippen LogP contribution in [0.4, 0.5) is 0 Å². The van der Waals surface area contributed by atoms with Crippen molar-refractivity contribution in [3.63, 3.8) is 0 Å². The number of pyridine rings is 1. The highest BCUT2D eigenvalue weighted by Gasteiger charge is 2.23. The Morgan fingerprint density at radius 2 is 2.47 bits per heavy atom. The van der Waals surface area contributed by atoms with E-state index in [0.29, 0.717) is 11.3 Å². The van der Waals surface area contributed by atoms with Gasteiger partial charge in [0.15, 0.2) is 5.92 Å². The van der Waals surface area contributed by atoms with Crippen LogP contribution in [0.2, 0.25) is 0 Å². The van der Waals surface area contributed by atoms with E-state index in [2.05, 4.69) is 4.98 Å². The van der Waals surface area contributed by atoms with Crippen LogP contribution in [0.5, 0.6) is 0 Å². The topological polar surface area (TPSA) is 67.4 Å². The zero-order valence-corrected chi connectivity index (χ0v) is 9.33. The van der Waals surface area contributed by atoms with Crippen LogP contribution in [0.25, 0.3) is 5.65 Å². The van der Waals surface area contributed by atoms with E-state index in [9.17, 15) is 4.79 Å². The van der Waals surface area contributed by atoms with Gasteiger partial charge in [0.25, 0.3) is 0 Å². The number of esters is 1. The molecule has 5 nitrogen and oxygen atoms in total. The maximum Gasteiger partial charge on any atom is 0.329 e. The minimum Gasteiger partial charge on any atom is -0.465 e. The van der Waals surface area contributed by atoms with Crippen LogP contribution in [0.3, 0.4) is 0 Å². The lowest BCUT2D eigenvalue weighted by Gasteiger charge is -2.10. The number of hydrogen-bond acceptors (Lipinski definition) is 4. The van der Waals surface area contributed by atoms with E-state index in [1.165, 1.54) is 0 Å². The number of fused-ring (bicyclic) bond motifs is 1. The number of ether oxygens (including phenoxy) is 1. The number of rotatable bonds is 3. The van der Waals surface area contributed by atoms with Gasteiger partial charge in [-0.3, -0.25) is 4.79 Å². The maximum atomic E-state index is 11.7. The normalized spacial score (nSPS) is 12.0. The van der Waals surface area contributed by atoms with Crippen molar-refractivity contribution in [2.75, 3.05) is 6.61 Å². The number of nitriles is 1. The van der Waals surface area contributed by atoms with E-state index in [0.717, 1.165) is 0 Å². The number of carbonyl (C=O) groups is 1. The zero-order chi connectivity index (χ0) is 12.3. The standard InChI is InChI=1S/C12H11N3O2/c1-2-17-12(16)9(8-13)10-4-3-5-11-14-6-7-15(10)11/h3-7,9H,2H2,1H3. The second-order valence-corrected chi connectivity index (χ2v) is 3.42. The molecule has 0 aliphatic rings. The Bertz CT molecular complexity index is 583. The fraction of sp³-hybridized carbons (Fsp3) is 0.250. The molecule has 0 saturated carbocycles. The van der Waals surface area contributed by atoms with Crippen molar-refractivity contribution in [2.45, 2.75) is 12.8 Å². The number of carbonyl (C=O) groups excluding carboxylic acids is 1. The van der Waals surface area contributed by atoms with Gasteiger partial charge in [-0.2, -0.15) is 5.26 Å². The third kappa shape index (κ3) is 1.97. The van der Waals surface area contributed by atoms with Gasteiger partial charge in [0, 0.05) is 12.4 Å². The number of nitrogens with zero attached hydrogens (tertiary/aromatic N) is 3. The molecule has 2 aromatic heterocycles. The van der Waals surface area contributed by atoms with Gasteiger partial charge in [0.05, 0.1) is 18.4 Å². The van der Waals surface area contributed by atoms with E-state index < -0.39 is 11.9 Å². The Kier molecular flexibility index (Phi) is 3.06. The average molecular weight is 229 g/mol. The van der Waals surface area contributed by atoms with Crippen molar-refractivity contribution in [1.82, 2.24) is 9.38 Å². The third-order valence-electron chi connectivity index (χ3n) is 2.41. The van der Waals surface area contributed by atoms with E-state index in [1.54, 1.807) is 35.9 Å². The Balaban J connectivity index is 2.47. The van der Waals surface area contributed by atoms with Gasteiger partial charge in [-0.1, -0.05) is 6.07 Å². The maximum absolute atomic E-state index is 11.7. The summed E-state index contributed by atoms with van der Waals surface area (Å²) in [7, 11) is 0. The molecular formula is C12H11N3O2. The second kappa shape index (κ2) is 4.66. The summed E-state index contributed by atoms with van der Waals surface area (Å²) in [6.07, 6.45) is 3.34. The Labute approximate surface area is 98.3 Å². The van der Waals surface area contributed by atoms with Crippen LogP contribution in [0.15, 0.2) is 30.6 Å². The molecule has 17 heavy (non-hydrogen) atoms. The van der Waals surface area contributed by atoms with Crippen LogP contribution < -0.4 is 0 Å². The molecule has 2 rings (SSSR count). The molecule has 5 heteroatoms. The summed E-state index contributed by atoms with van der Waals surface area (Å²) in [5.74, 6) is -1.45. The molecule has 0 spiro atoms. The zero-order valence-electron chi connectivity index (χ0n) is 9.33. The lowest BCUT2D eigenvalue weighted by Crippen LogP contribution is -2.16. The average Bonchev–Trinajstić information content (AvgIpc) is 2.79. The quantitative estimate of drug-likeness (QED) is 0.748. The fourth-order valence-electron chi connectivity index (χ4n) is 1.67. The summed E-state index contributed by atoms with van der Waals surface area (Å²) in [4.78, 5) is 15.8. The van der Waals surface area contributed by atoms with Crippen LogP contribution >= 0.6 is 0 Å². The second-order valence-electron chi connectivity index (χ2n) is 3.42. The van der Waals surface area contributed by atoms with Gasteiger partial charge in [-0.25, -0.2) is 4.98 Å². The Hall–Kier alpha value is -2.35. The molecule has 2 aromatic rings. The van der Waals surface area contributed by atoms with Gasteiger partial charge in [-0.05, 0) is 19.1 Å². The smallest absolute Gasteiger partial charge is 0.329 e. The van der Waals surface area contributed by atoms with Crippen molar-refractivity contribution in [3.05, 3.63) is 36.3 Å². The lowest BCUT2D eigenvalue weighted by atomic mass is 10.1. The summed E-state index contributed by atoms with van der Waals surface area (Å²) >= 11 is 0. The van der Waals surface area contributed by atoms with Gasteiger partial charge in [0.1, 0.15) is 5.65 Å². The number of hydrogen-bond donors (Lipinski definition) is 0. The molecule has 86 valence electrons. The third-order valence-corrected chi connectivity index (χ3v) is 2.41. The molecule has 0 aromatic carbocycles. The summed E-state index contributed by atoms with van der Waals surface area (Å²) in [5.41, 5.74) is 1.27. The Morgan fingerprint density at radius 1 is 1.65 bits per heavy atom. The number of aromatic nitrogens is 2. The minimum atomic E-state index is -0.923. The van der Waals surface area contributed by atoms with Crippen LogP contribution in [-0.2, 0) is 9.53 Å². The predicted molar refractivity (Wildman–Crippen MR) is 60.2 cm³/mol. The molecule has 0 aliphatic carbocycles.